The minimum Gasteiger partial charge on any atom is -0.214 e. The van der Waals surface area contributed by atoms with Crippen molar-refractivity contribution in [2.75, 3.05) is 7.05 Å². The molecule has 25 heavy (non-hydrogen) atoms. The summed E-state index contributed by atoms with van der Waals surface area (Å²) in [4.78, 5) is 1.52. The normalized spacial score (nSPS) is 11.6. The van der Waals surface area contributed by atoms with Crippen LogP contribution in [0.4, 0.5) is 0 Å². The molecule has 3 aromatic rings. The summed E-state index contributed by atoms with van der Waals surface area (Å²) < 4.78 is 26.6. The molecule has 0 unspecified atom stereocenters. The van der Waals surface area contributed by atoms with Crippen LogP contribution in [0.15, 0.2) is 47.4 Å². The van der Waals surface area contributed by atoms with Crippen molar-refractivity contribution in [2.45, 2.75) is 18.2 Å². The van der Waals surface area contributed by atoms with E-state index in [1.165, 1.54) is 17.4 Å². The fourth-order valence-electron chi connectivity index (χ4n) is 2.64. The van der Waals surface area contributed by atoms with Crippen molar-refractivity contribution in [3.63, 3.8) is 0 Å². The zero-order chi connectivity index (χ0) is 18.0. The molecule has 0 radical (unpaired) electrons. The lowest BCUT2D eigenvalue weighted by Crippen LogP contribution is -2.18. The topological polar surface area (TPSA) is 89.8 Å². The summed E-state index contributed by atoms with van der Waals surface area (Å²) in [5.41, 5.74) is 3.90. The van der Waals surface area contributed by atoms with Crippen molar-refractivity contribution in [1.29, 1.82) is 0 Å². The van der Waals surface area contributed by atoms with Crippen LogP contribution in [0.2, 0.25) is 0 Å². The van der Waals surface area contributed by atoms with Crippen LogP contribution < -0.4 is 4.72 Å². The van der Waals surface area contributed by atoms with Crippen molar-refractivity contribution in [1.82, 2.24) is 24.9 Å². The number of aryl methyl sites for hydroxylation is 2. The molecule has 3 rings (SSSR count). The molecule has 7 nitrogen and oxygen atoms in total. The van der Waals surface area contributed by atoms with E-state index < -0.39 is 10.0 Å². The minimum absolute atomic E-state index is 0.172. The zero-order valence-corrected chi connectivity index (χ0v) is 15.1. The van der Waals surface area contributed by atoms with Gasteiger partial charge in [0.05, 0.1) is 11.9 Å². The van der Waals surface area contributed by atoms with E-state index in [4.69, 9.17) is 0 Å². The van der Waals surface area contributed by atoms with Gasteiger partial charge < -0.3 is 0 Å². The fourth-order valence-corrected chi connectivity index (χ4v) is 3.39. The molecule has 0 aliphatic carbocycles. The van der Waals surface area contributed by atoms with Crippen LogP contribution in [-0.4, -0.2) is 35.7 Å². The van der Waals surface area contributed by atoms with Gasteiger partial charge in [-0.1, -0.05) is 35.9 Å². The van der Waals surface area contributed by atoms with Crippen LogP contribution in [-0.2, 0) is 23.5 Å². The minimum atomic E-state index is -3.55. The Morgan fingerprint density at radius 1 is 1.16 bits per heavy atom. The van der Waals surface area contributed by atoms with Crippen molar-refractivity contribution in [3.8, 4) is 11.4 Å². The third kappa shape index (κ3) is 3.75. The molecule has 0 saturated carbocycles. The summed E-state index contributed by atoms with van der Waals surface area (Å²) in [6.07, 6.45) is 0.648. The molecular formula is C17H19N5O2S. The standard InChI is InChI=1S/C17H19N5O2S/c1-12-5-4-6-13(9-12)10-14-7-8-15(25(23,24)18-2)11-16(14)17-19-21-22(3)20-17/h4-9,11,18H,10H2,1-3H3. The van der Waals surface area contributed by atoms with Crippen LogP contribution in [0, 0.1) is 6.92 Å². The van der Waals surface area contributed by atoms with Crippen LogP contribution in [0.5, 0.6) is 0 Å². The van der Waals surface area contributed by atoms with Gasteiger partial charge in [-0.15, -0.1) is 10.2 Å². The first-order valence-corrected chi connectivity index (χ1v) is 9.24. The molecular weight excluding hydrogens is 338 g/mol. The van der Waals surface area contributed by atoms with E-state index in [1.54, 1.807) is 25.2 Å². The van der Waals surface area contributed by atoms with Crippen LogP contribution in [0.25, 0.3) is 11.4 Å². The molecule has 0 spiro atoms. The number of hydrogen-bond donors (Lipinski definition) is 1. The first kappa shape index (κ1) is 17.2. The van der Waals surface area contributed by atoms with Gasteiger partial charge in [-0.05, 0) is 48.9 Å². The second-order valence-corrected chi connectivity index (χ2v) is 7.68. The summed E-state index contributed by atoms with van der Waals surface area (Å²) in [5.74, 6) is 0.401. The molecule has 1 aromatic heterocycles. The number of aromatic nitrogens is 4. The van der Waals surface area contributed by atoms with Gasteiger partial charge in [-0.2, -0.15) is 4.80 Å². The van der Waals surface area contributed by atoms with Gasteiger partial charge in [0.25, 0.3) is 0 Å². The number of hydrogen-bond acceptors (Lipinski definition) is 5. The van der Waals surface area contributed by atoms with E-state index in [1.807, 2.05) is 25.1 Å². The Balaban J connectivity index is 2.11. The summed E-state index contributed by atoms with van der Waals surface area (Å²) in [6.45, 7) is 2.04. The highest BCUT2D eigenvalue weighted by atomic mass is 32.2. The van der Waals surface area contributed by atoms with E-state index >= 15 is 0 Å². The van der Waals surface area contributed by atoms with E-state index in [2.05, 4.69) is 26.2 Å². The van der Waals surface area contributed by atoms with Crippen LogP contribution in [0.3, 0.4) is 0 Å². The summed E-state index contributed by atoms with van der Waals surface area (Å²) in [7, 11) is -0.494. The highest BCUT2D eigenvalue weighted by Gasteiger charge is 2.17. The Morgan fingerprint density at radius 2 is 1.96 bits per heavy atom. The molecule has 130 valence electrons. The Morgan fingerprint density at radius 3 is 2.60 bits per heavy atom. The molecule has 0 atom stereocenters. The number of benzene rings is 2. The average Bonchev–Trinajstić information content (AvgIpc) is 3.01. The number of tetrazole rings is 1. The lowest BCUT2D eigenvalue weighted by Gasteiger charge is -2.10. The van der Waals surface area contributed by atoms with Gasteiger partial charge in [-0.25, -0.2) is 13.1 Å². The molecule has 0 fully saturated rings. The molecule has 0 aliphatic heterocycles. The number of rotatable bonds is 5. The molecule has 2 aromatic carbocycles. The molecule has 1 N–H and O–H groups in total. The van der Waals surface area contributed by atoms with Crippen molar-refractivity contribution in [3.05, 3.63) is 59.2 Å². The average molecular weight is 357 g/mol. The van der Waals surface area contributed by atoms with Gasteiger partial charge in [0, 0.05) is 5.56 Å². The van der Waals surface area contributed by atoms with Gasteiger partial charge in [0.2, 0.25) is 15.8 Å². The van der Waals surface area contributed by atoms with E-state index in [9.17, 15) is 8.42 Å². The maximum atomic E-state index is 12.1. The predicted octanol–water partition coefficient (Wildman–Crippen LogP) is 1.68. The first-order valence-electron chi connectivity index (χ1n) is 7.75. The molecule has 8 heteroatoms. The highest BCUT2D eigenvalue weighted by molar-refractivity contribution is 7.89. The molecule has 1 heterocycles. The number of nitrogens with zero attached hydrogens (tertiary/aromatic N) is 4. The van der Waals surface area contributed by atoms with Crippen molar-refractivity contribution < 1.29 is 8.42 Å². The Labute approximate surface area is 146 Å². The maximum Gasteiger partial charge on any atom is 0.240 e. The molecule has 0 saturated heterocycles. The highest BCUT2D eigenvalue weighted by Crippen LogP contribution is 2.26. The number of nitrogens with one attached hydrogen (secondary N) is 1. The summed E-state index contributed by atoms with van der Waals surface area (Å²) in [5, 5.41) is 12.1. The van der Waals surface area contributed by atoms with E-state index in [-0.39, 0.29) is 4.90 Å². The van der Waals surface area contributed by atoms with Gasteiger partial charge in [0.15, 0.2) is 0 Å². The second kappa shape index (κ2) is 6.73. The molecule has 0 amide bonds. The number of sulfonamides is 1. The first-order chi connectivity index (χ1) is 11.9. The van der Waals surface area contributed by atoms with Crippen LogP contribution >= 0.6 is 0 Å². The summed E-state index contributed by atoms with van der Waals surface area (Å²) in [6, 6.07) is 13.2. The molecule has 0 aliphatic rings. The summed E-state index contributed by atoms with van der Waals surface area (Å²) >= 11 is 0. The zero-order valence-electron chi connectivity index (χ0n) is 14.3. The SMILES string of the molecule is CNS(=O)(=O)c1ccc(Cc2cccc(C)c2)c(-c2nnn(C)n2)c1. The van der Waals surface area contributed by atoms with E-state index in [0.29, 0.717) is 17.8 Å². The Bertz CT molecular complexity index is 1010. The second-order valence-electron chi connectivity index (χ2n) is 5.79. The van der Waals surface area contributed by atoms with Gasteiger partial charge in [0.1, 0.15) is 0 Å². The monoisotopic (exact) mass is 357 g/mol. The van der Waals surface area contributed by atoms with Crippen LogP contribution in [0.1, 0.15) is 16.7 Å². The third-order valence-corrected chi connectivity index (χ3v) is 5.30. The third-order valence-electron chi connectivity index (χ3n) is 3.89. The van der Waals surface area contributed by atoms with E-state index in [0.717, 1.165) is 11.1 Å². The van der Waals surface area contributed by atoms with Gasteiger partial charge in [-0.3, -0.25) is 0 Å². The largest absolute Gasteiger partial charge is 0.240 e. The molecule has 0 bridgehead atoms. The van der Waals surface area contributed by atoms with Crippen molar-refractivity contribution >= 4 is 10.0 Å². The quantitative estimate of drug-likeness (QED) is 0.750. The lowest BCUT2D eigenvalue weighted by molar-refractivity contribution is 0.588. The smallest absolute Gasteiger partial charge is 0.214 e. The lowest BCUT2D eigenvalue weighted by atomic mass is 9.98. The Kier molecular flexibility index (Phi) is 4.65. The fraction of sp³-hybridized carbons (Fsp3) is 0.235. The van der Waals surface area contributed by atoms with Gasteiger partial charge >= 0.3 is 0 Å². The Hall–Kier alpha value is -2.58. The van der Waals surface area contributed by atoms with Crippen molar-refractivity contribution in [2.24, 2.45) is 7.05 Å². The maximum absolute atomic E-state index is 12.1. The predicted molar refractivity (Wildman–Crippen MR) is 94.5 cm³/mol.